The predicted molar refractivity (Wildman–Crippen MR) is 95.3 cm³/mol. The second kappa shape index (κ2) is 5.38. The van der Waals surface area contributed by atoms with Crippen LogP contribution in [-0.4, -0.2) is 0 Å². The molecule has 2 heterocycles. The molecule has 0 radical (unpaired) electrons. The van der Waals surface area contributed by atoms with Crippen molar-refractivity contribution in [3.05, 3.63) is 55.8 Å². The lowest BCUT2D eigenvalue weighted by molar-refractivity contribution is 1.41. The molecule has 0 atom stereocenters. The molecule has 0 aliphatic carbocycles. The van der Waals surface area contributed by atoms with Gasteiger partial charge in [0.05, 0.1) is 2.88 Å². The number of aryl methyl sites for hydroxylation is 2. The molecule has 19 heavy (non-hydrogen) atoms. The quantitative estimate of drug-likeness (QED) is 0.442. The Hall–Kier alpha value is -0.650. The van der Waals surface area contributed by atoms with Gasteiger partial charge in [0.15, 0.2) is 0 Å². The molecule has 0 bridgehead atoms. The Morgan fingerprint density at radius 1 is 0.895 bits per heavy atom. The largest absolute Gasteiger partial charge is 0.144 e. The smallest absolute Gasteiger partial charge is 0.0660 e. The molecule has 2 aromatic heterocycles. The van der Waals surface area contributed by atoms with E-state index in [1.165, 1.54) is 34.9 Å². The first kappa shape index (κ1) is 13.3. The second-order valence-corrected chi connectivity index (χ2v) is 8.49. The van der Waals surface area contributed by atoms with Gasteiger partial charge in [-0.15, -0.1) is 22.7 Å². The van der Waals surface area contributed by atoms with Gasteiger partial charge in [0.25, 0.3) is 0 Å². The van der Waals surface area contributed by atoms with E-state index in [1.807, 2.05) is 11.3 Å². The molecule has 0 spiro atoms. The van der Waals surface area contributed by atoms with Crippen molar-refractivity contribution in [3.8, 4) is 20.9 Å². The molecule has 3 rings (SSSR count). The highest BCUT2D eigenvalue weighted by Crippen LogP contribution is 2.36. The van der Waals surface area contributed by atoms with Crippen LogP contribution in [0.2, 0.25) is 0 Å². The van der Waals surface area contributed by atoms with Gasteiger partial charge in [0.1, 0.15) is 0 Å². The average molecular weight is 396 g/mol. The highest BCUT2D eigenvalue weighted by molar-refractivity contribution is 14.1. The van der Waals surface area contributed by atoms with Crippen LogP contribution in [0.3, 0.4) is 0 Å². The van der Waals surface area contributed by atoms with Crippen LogP contribution in [0.15, 0.2) is 41.8 Å². The molecule has 0 nitrogen and oxygen atoms in total. The van der Waals surface area contributed by atoms with Crippen molar-refractivity contribution in [2.24, 2.45) is 0 Å². The monoisotopic (exact) mass is 396 g/mol. The fourth-order valence-electron chi connectivity index (χ4n) is 2.24. The molecule has 0 fully saturated rings. The lowest BCUT2D eigenvalue weighted by atomic mass is 9.98. The van der Waals surface area contributed by atoms with Gasteiger partial charge in [-0.1, -0.05) is 6.07 Å². The fraction of sp³-hybridized carbons (Fsp3) is 0.125. The highest BCUT2D eigenvalue weighted by atomic mass is 127. The lowest BCUT2D eigenvalue weighted by Gasteiger charge is -2.10. The Kier molecular flexibility index (Phi) is 3.78. The zero-order valence-corrected chi connectivity index (χ0v) is 14.5. The van der Waals surface area contributed by atoms with E-state index in [-0.39, 0.29) is 0 Å². The summed E-state index contributed by atoms with van der Waals surface area (Å²) < 4.78 is 1.34. The van der Waals surface area contributed by atoms with E-state index in [2.05, 4.69) is 78.2 Å². The summed E-state index contributed by atoms with van der Waals surface area (Å²) in [6.45, 7) is 4.41. The standard InChI is InChI=1S/C16H13IS2/c1-10-9-13(15-5-6-16(17)19-15)11(2)8-12(10)14-4-3-7-18-14/h3-9H,1-2H3. The summed E-state index contributed by atoms with van der Waals surface area (Å²) in [6, 6.07) is 13.4. The number of rotatable bonds is 2. The first-order valence-electron chi connectivity index (χ1n) is 6.06. The van der Waals surface area contributed by atoms with Gasteiger partial charge < -0.3 is 0 Å². The van der Waals surface area contributed by atoms with E-state index < -0.39 is 0 Å². The van der Waals surface area contributed by atoms with Crippen molar-refractivity contribution in [1.82, 2.24) is 0 Å². The van der Waals surface area contributed by atoms with E-state index >= 15 is 0 Å². The summed E-state index contributed by atoms with van der Waals surface area (Å²) in [5, 5.41) is 2.14. The number of thiophene rings is 2. The summed E-state index contributed by atoms with van der Waals surface area (Å²) in [4.78, 5) is 2.72. The van der Waals surface area contributed by atoms with E-state index in [1.54, 1.807) is 11.3 Å². The first-order chi connectivity index (χ1) is 9.15. The molecule has 1 aromatic carbocycles. The van der Waals surface area contributed by atoms with Gasteiger partial charge >= 0.3 is 0 Å². The van der Waals surface area contributed by atoms with Crippen LogP contribution in [0.5, 0.6) is 0 Å². The van der Waals surface area contributed by atoms with Crippen molar-refractivity contribution in [2.45, 2.75) is 13.8 Å². The second-order valence-electron chi connectivity index (χ2n) is 4.56. The molecule has 3 aromatic rings. The van der Waals surface area contributed by atoms with Gasteiger partial charge in [-0.25, -0.2) is 0 Å². The molecule has 0 N–H and O–H groups in total. The van der Waals surface area contributed by atoms with E-state index in [0.717, 1.165) is 0 Å². The average Bonchev–Trinajstić information content (AvgIpc) is 3.02. The SMILES string of the molecule is Cc1cc(-c2ccc(I)s2)c(C)cc1-c1cccs1. The number of hydrogen-bond donors (Lipinski definition) is 0. The molecule has 0 saturated carbocycles. The molecule has 3 heteroatoms. The Morgan fingerprint density at radius 3 is 2.11 bits per heavy atom. The van der Waals surface area contributed by atoms with Gasteiger partial charge in [0.2, 0.25) is 0 Å². The van der Waals surface area contributed by atoms with Crippen LogP contribution in [0.4, 0.5) is 0 Å². The van der Waals surface area contributed by atoms with Crippen LogP contribution >= 0.6 is 45.3 Å². The van der Waals surface area contributed by atoms with Crippen LogP contribution in [-0.2, 0) is 0 Å². The zero-order chi connectivity index (χ0) is 13.4. The van der Waals surface area contributed by atoms with Gasteiger partial charge in [-0.05, 0) is 94.4 Å². The number of hydrogen-bond acceptors (Lipinski definition) is 2. The summed E-state index contributed by atoms with van der Waals surface area (Å²) in [7, 11) is 0. The van der Waals surface area contributed by atoms with Crippen molar-refractivity contribution in [3.63, 3.8) is 0 Å². The van der Waals surface area contributed by atoms with Crippen molar-refractivity contribution >= 4 is 45.3 Å². The van der Waals surface area contributed by atoms with E-state index in [4.69, 9.17) is 0 Å². The third-order valence-electron chi connectivity index (χ3n) is 3.20. The van der Waals surface area contributed by atoms with Crippen LogP contribution in [0, 0.1) is 16.7 Å². The Labute approximate surface area is 135 Å². The Bertz CT molecular complexity index is 708. The summed E-state index contributed by atoms with van der Waals surface area (Å²) in [5.41, 5.74) is 5.44. The van der Waals surface area contributed by atoms with Crippen LogP contribution in [0.25, 0.3) is 20.9 Å². The van der Waals surface area contributed by atoms with E-state index in [0.29, 0.717) is 0 Å². The lowest BCUT2D eigenvalue weighted by Crippen LogP contribution is -1.87. The minimum atomic E-state index is 1.34. The summed E-state index contributed by atoms with van der Waals surface area (Å²) in [5.74, 6) is 0. The zero-order valence-electron chi connectivity index (χ0n) is 10.7. The Balaban J connectivity index is 2.13. The summed E-state index contributed by atoms with van der Waals surface area (Å²) >= 11 is 6.05. The molecule has 0 aliphatic heterocycles. The molecule has 0 saturated heterocycles. The minimum Gasteiger partial charge on any atom is -0.144 e. The molecular formula is C16H13IS2. The Morgan fingerprint density at radius 2 is 1.58 bits per heavy atom. The van der Waals surface area contributed by atoms with Crippen LogP contribution < -0.4 is 0 Å². The third-order valence-corrected chi connectivity index (χ3v) is 6.03. The highest BCUT2D eigenvalue weighted by Gasteiger charge is 2.10. The van der Waals surface area contributed by atoms with Crippen molar-refractivity contribution in [2.75, 3.05) is 0 Å². The molecular weight excluding hydrogens is 383 g/mol. The number of benzene rings is 1. The molecule has 0 amide bonds. The number of halogens is 1. The maximum atomic E-state index is 2.38. The van der Waals surface area contributed by atoms with Gasteiger partial charge in [-0.2, -0.15) is 0 Å². The van der Waals surface area contributed by atoms with E-state index in [9.17, 15) is 0 Å². The fourth-order valence-corrected chi connectivity index (χ4v) is 4.75. The molecule has 0 unspecified atom stereocenters. The van der Waals surface area contributed by atoms with Gasteiger partial charge in [-0.3, -0.25) is 0 Å². The van der Waals surface area contributed by atoms with Gasteiger partial charge in [0, 0.05) is 9.75 Å². The van der Waals surface area contributed by atoms with Crippen molar-refractivity contribution < 1.29 is 0 Å². The summed E-state index contributed by atoms with van der Waals surface area (Å²) in [6.07, 6.45) is 0. The topological polar surface area (TPSA) is 0 Å². The first-order valence-corrected chi connectivity index (χ1v) is 8.83. The predicted octanol–water partition coefficient (Wildman–Crippen LogP) is 6.37. The molecule has 0 aliphatic rings. The van der Waals surface area contributed by atoms with Crippen molar-refractivity contribution in [1.29, 1.82) is 0 Å². The maximum absolute atomic E-state index is 2.38. The third kappa shape index (κ3) is 2.64. The normalized spacial score (nSPS) is 10.9. The minimum absolute atomic E-state index is 1.34. The maximum Gasteiger partial charge on any atom is 0.0660 e. The van der Waals surface area contributed by atoms with Crippen LogP contribution in [0.1, 0.15) is 11.1 Å². The molecule has 96 valence electrons.